The van der Waals surface area contributed by atoms with Crippen molar-refractivity contribution in [3.8, 4) is 17.2 Å². The lowest BCUT2D eigenvalue weighted by Gasteiger charge is -2.16. The van der Waals surface area contributed by atoms with Crippen molar-refractivity contribution in [1.29, 1.82) is 0 Å². The van der Waals surface area contributed by atoms with Gasteiger partial charge in [0.05, 0.1) is 19.9 Å². The van der Waals surface area contributed by atoms with Crippen LogP contribution in [-0.2, 0) is 4.79 Å². The van der Waals surface area contributed by atoms with Crippen LogP contribution in [-0.4, -0.2) is 26.7 Å². The van der Waals surface area contributed by atoms with Gasteiger partial charge in [-0.15, -0.1) is 0 Å². The zero-order chi connectivity index (χ0) is 19.3. The van der Waals surface area contributed by atoms with Gasteiger partial charge in [0.2, 0.25) is 0 Å². The molecule has 140 valence electrons. The number of carbonyl (C=O) groups excluding carboxylic acids is 1. The third-order valence-electron chi connectivity index (χ3n) is 3.95. The van der Waals surface area contributed by atoms with Crippen LogP contribution in [0.1, 0.15) is 30.9 Å². The number of benzene rings is 2. The summed E-state index contributed by atoms with van der Waals surface area (Å²) in [6, 6.07) is 8.93. The summed E-state index contributed by atoms with van der Waals surface area (Å²) in [5.41, 5.74) is 2.43. The van der Waals surface area contributed by atoms with Gasteiger partial charge < -0.3 is 19.5 Å². The van der Waals surface area contributed by atoms with Crippen molar-refractivity contribution in [2.45, 2.75) is 26.7 Å². The molecule has 0 saturated carbocycles. The summed E-state index contributed by atoms with van der Waals surface area (Å²) in [5, 5.41) is 3.48. The molecule has 0 aliphatic heterocycles. The fourth-order valence-corrected chi connectivity index (χ4v) is 2.65. The van der Waals surface area contributed by atoms with Crippen LogP contribution in [0.2, 0.25) is 5.02 Å². The van der Waals surface area contributed by atoms with E-state index in [4.69, 9.17) is 25.8 Å². The van der Waals surface area contributed by atoms with Crippen molar-refractivity contribution in [1.82, 2.24) is 0 Å². The number of amides is 1. The number of ether oxygens (including phenoxy) is 3. The summed E-state index contributed by atoms with van der Waals surface area (Å²) in [6.45, 7) is 5.89. The van der Waals surface area contributed by atoms with E-state index in [1.807, 2.05) is 19.1 Å². The molecule has 2 aromatic rings. The monoisotopic (exact) mass is 377 g/mol. The minimum absolute atomic E-state index is 0.115. The summed E-state index contributed by atoms with van der Waals surface area (Å²) in [4.78, 5) is 12.3. The van der Waals surface area contributed by atoms with E-state index in [0.717, 1.165) is 11.1 Å². The lowest BCUT2D eigenvalue weighted by Crippen LogP contribution is -2.21. The van der Waals surface area contributed by atoms with Gasteiger partial charge in [0.25, 0.3) is 5.91 Å². The highest BCUT2D eigenvalue weighted by Crippen LogP contribution is 2.32. The van der Waals surface area contributed by atoms with Gasteiger partial charge in [0.1, 0.15) is 17.2 Å². The Labute approximate surface area is 159 Å². The van der Waals surface area contributed by atoms with E-state index in [0.29, 0.717) is 28.0 Å². The van der Waals surface area contributed by atoms with E-state index >= 15 is 0 Å². The highest BCUT2D eigenvalue weighted by atomic mass is 35.5. The Morgan fingerprint density at radius 3 is 2.46 bits per heavy atom. The van der Waals surface area contributed by atoms with Gasteiger partial charge in [-0.3, -0.25) is 4.79 Å². The van der Waals surface area contributed by atoms with Gasteiger partial charge in [0, 0.05) is 11.1 Å². The van der Waals surface area contributed by atoms with Crippen LogP contribution < -0.4 is 19.5 Å². The van der Waals surface area contributed by atoms with E-state index in [-0.39, 0.29) is 18.4 Å². The predicted octanol–water partition coefficient (Wildman–Crippen LogP) is 4.81. The van der Waals surface area contributed by atoms with Crippen LogP contribution in [0.3, 0.4) is 0 Å². The molecule has 26 heavy (non-hydrogen) atoms. The molecule has 0 aliphatic rings. The molecule has 0 saturated heterocycles. The molecular weight excluding hydrogens is 354 g/mol. The summed E-state index contributed by atoms with van der Waals surface area (Å²) >= 11 is 6.20. The summed E-state index contributed by atoms with van der Waals surface area (Å²) < 4.78 is 16.2. The first-order valence-corrected chi connectivity index (χ1v) is 8.68. The number of aryl methyl sites for hydroxylation is 1. The van der Waals surface area contributed by atoms with E-state index in [1.165, 1.54) is 7.11 Å². The third kappa shape index (κ3) is 4.82. The number of nitrogens with one attached hydrogen (secondary N) is 1. The minimum Gasteiger partial charge on any atom is -0.497 e. The van der Waals surface area contributed by atoms with E-state index in [2.05, 4.69) is 19.2 Å². The standard InChI is InChI=1S/C20H24ClNO4/c1-12(2)15-10-16(21)13(3)8-18(15)26-11-20(23)22-17-7-6-14(24-4)9-19(17)25-5/h6-10,12H,11H2,1-5H3,(H,22,23). The first-order valence-electron chi connectivity index (χ1n) is 8.30. The maximum Gasteiger partial charge on any atom is 0.262 e. The molecule has 6 heteroatoms. The molecule has 0 fully saturated rings. The van der Waals surface area contributed by atoms with Gasteiger partial charge in [-0.2, -0.15) is 0 Å². The van der Waals surface area contributed by atoms with Gasteiger partial charge in [-0.05, 0) is 48.2 Å². The van der Waals surface area contributed by atoms with Crippen LogP contribution in [0.25, 0.3) is 0 Å². The molecule has 0 aliphatic carbocycles. The van der Waals surface area contributed by atoms with Crippen LogP contribution in [0.4, 0.5) is 5.69 Å². The topological polar surface area (TPSA) is 56.8 Å². The second-order valence-corrected chi connectivity index (χ2v) is 6.60. The maximum absolute atomic E-state index is 12.3. The second-order valence-electron chi connectivity index (χ2n) is 6.20. The fraction of sp³-hybridized carbons (Fsp3) is 0.350. The Balaban J connectivity index is 2.09. The Bertz CT molecular complexity index is 790. The molecule has 1 amide bonds. The average molecular weight is 378 g/mol. The van der Waals surface area contributed by atoms with E-state index in [1.54, 1.807) is 25.3 Å². The lowest BCUT2D eigenvalue weighted by molar-refractivity contribution is -0.118. The van der Waals surface area contributed by atoms with Crippen molar-refractivity contribution in [2.75, 3.05) is 26.1 Å². The maximum atomic E-state index is 12.3. The number of hydrogen-bond donors (Lipinski definition) is 1. The van der Waals surface area contributed by atoms with Gasteiger partial charge in [-0.1, -0.05) is 25.4 Å². The SMILES string of the molecule is COc1ccc(NC(=O)COc2cc(C)c(Cl)cc2C(C)C)c(OC)c1. The van der Waals surface area contributed by atoms with Crippen molar-refractivity contribution in [2.24, 2.45) is 0 Å². The van der Waals surface area contributed by atoms with Crippen molar-refractivity contribution in [3.63, 3.8) is 0 Å². The van der Waals surface area contributed by atoms with Gasteiger partial charge >= 0.3 is 0 Å². The number of carbonyl (C=O) groups is 1. The molecular formula is C20H24ClNO4. The molecule has 2 rings (SSSR count). The molecule has 0 radical (unpaired) electrons. The van der Waals surface area contributed by atoms with Crippen LogP contribution in [0.5, 0.6) is 17.2 Å². The minimum atomic E-state index is -0.282. The Kier molecular flexibility index (Phi) is 6.75. The number of hydrogen-bond acceptors (Lipinski definition) is 4. The molecule has 0 unspecified atom stereocenters. The Morgan fingerprint density at radius 1 is 1.12 bits per heavy atom. The van der Waals surface area contributed by atoms with Crippen LogP contribution in [0, 0.1) is 6.92 Å². The Morgan fingerprint density at radius 2 is 1.85 bits per heavy atom. The number of halogens is 1. The third-order valence-corrected chi connectivity index (χ3v) is 4.36. The molecule has 2 aromatic carbocycles. The zero-order valence-corrected chi connectivity index (χ0v) is 16.4. The highest BCUT2D eigenvalue weighted by molar-refractivity contribution is 6.31. The fourth-order valence-electron chi connectivity index (χ4n) is 2.48. The quantitative estimate of drug-likeness (QED) is 0.752. The molecule has 1 N–H and O–H groups in total. The summed E-state index contributed by atoms with van der Waals surface area (Å²) in [7, 11) is 3.10. The van der Waals surface area contributed by atoms with Gasteiger partial charge in [0.15, 0.2) is 6.61 Å². The smallest absolute Gasteiger partial charge is 0.262 e. The molecule has 0 spiro atoms. The lowest BCUT2D eigenvalue weighted by atomic mass is 10.0. The van der Waals surface area contributed by atoms with Gasteiger partial charge in [-0.25, -0.2) is 0 Å². The first kappa shape index (κ1) is 19.9. The molecule has 5 nitrogen and oxygen atoms in total. The van der Waals surface area contributed by atoms with Crippen molar-refractivity contribution < 1.29 is 19.0 Å². The summed E-state index contributed by atoms with van der Waals surface area (Å²) in [5.74, 6) is 1.78. The predicted molar refractivity (Wildman–Crippen MR) is 104 cm³/mol. The number of methoxy groups -OCH3 is 2. The summed E-state index contributed by atoms with van der Waals surface area (Å²) in [6.07, 6.45) is 0. The second kappa shape index (κ2) is 8.81. The van der Waals surface area contributed by atoms with Crippen LogP contribution >= 0.6 is 11.6 Å². The van der Waals surface area contributed by atoms with Crippen molar-refractivity contribution in [3.05, 3.63) is 46.5 Å². The largest absolute Gasteiger partial charge is 0.497 e. The van der Waals surface area contributed by atoms with Crippen LogP contribution in [0.15, 0.2) is 30.3 Å². The first-order chi connectivity index (χ1) is 12.3. The molecule has 0 atom stereocenters. The number of anilines is 1. The molecule has 0 bridgehead atoms. The normalized spacial score (nSPS) is 10.6. The van der Waals surface area contributed by atoms with E-state index in [9.17, 15) is 4.79 Å². The molecule has 0 aromatic heterocycles. The zero-order valence-electron chi connectivity index (χ0n) is 15.7. The average Bonchev–Trinajstić information content (AvgIpc) is 2.62. The van der Waals surface area contributed by atoms with Crippen molar-refractivity contribution >= 4 is 23.2 Å². The van der Waals surface area contributed by atoms with E-state index < -0.39 is 0 Å². The Hall–Kier alpha value is -2.40. The highest BCUT2D eigenvalue weighted by Gasteiger charge is 2.14. The number of rotatable bonds is 7. The molecule has 0 heterocycles.